The number of hydrogen-bond acceptors (Lipinski definition) is 5. The van der Waals surface area contributed by atoms with Crippen molar-refractivity contribution < 1.29 is 19.1 Å². The van der Waals surface area contributed by atoms with Crippen LogP contribution < -0.4 is 14.9 Å². The van der Waals surface area contributed by atoms with Crippen molar-refractivity contribution >= 4 is 65.9 Å². The first-order chi connectivity index (χ1) is 15.3. The summed E-state index contributed by atoms with van der Waals surface area (Å²) in [5.41, 5.74) is 4.37. The van der Waals surface area contributed by atoms with E-state index >= 15 is 0 Å². The van der Waals surface area contributed by atoms with Crippen LogP contribution >= 0.6 is 47.8 Å². The van der Waals surface area contributed by atoms with E-state index in [0.717, 1.165) is 14.5 Å². The van der Waals surface area contributed by atoms with E-state index in [1.54, 1.807) is 42.5 Å². The molecule has 0 spiro atoms. The second-order valence-corrected chi connectivity index (χ2v) is 9.29. The van der Waals surface area contributed by atoms with Crippen LogP contribution in [0.2, 0.25) is 0 Å². The Kier molecular flexibility index (Phi) is 8.60. The molecule has 6 nitrogen and oxygen atoms in total. The van der Waals surface area contributed by atoms with Gasteiger partial charge >= 0.3 is 5.97 Å². The zero-order chi connectivity index (χ0) is 23.1. The highest BCUT2D eigenvalue weighted by molar-refractivity contribution is 9.11. The van der Waals surface area contributed by atoms with E-state index in [1.807, 2.05) is 25.1 Å². The van der Waals surface area contributed by atoms with E-state index in [4.69, 9.17) is 9.47 Å². The summed E-state index contributed by atoms with van der Waals surface area (Å²) in [6.07, 6.45) is 1.39. The first-order valence-electron chi connectivity index (χ1n) is 9.30. The number of benzene rings is 3. The lowest BCUT2D eigenvalue weighted by atomic mass is 10.2. The van der Waals surface area contributed by atoms with E-state index in [1.165, 1.54) is 6.21 Å². The zero-order valence-corrected chi connectivity index (χ0v) is 21.5. The van der Waals surface area contributed by atoms with Gasteiger partial charge in [-0.3, -0.25) is 4.79 Å². The van der Waals surface area contributed by atoms with Crippen LogP contribution in [0.5, 0.6) is 11.5 Å². The minimum atomic E-state index is -0.528. The summed E-state index contributed by atoms with van der Waals surface area (Å²) in [5, 5.41) is 3.96. The van der Waals surface area contributed by atoms with Gasteiger partial charge in [0.25, 0.3) is 5.91 Å². The number of halogens is 3. The van der Waals surface area contributed by atoms with Crippen LogP contribution in [0.1, 0.15) is 21.5 Å². The van der Waals surface area contributed by atoms with Gasteiger partial charge in [0, 0.05) is 14.5 Å². The number of amides is 1. The number of nitrogens with zero attached hydrogens (tertiary/aromatic N) is 1. The van der Waals surface area contributed by atoms with Crippen molar-refractivity contribution in [2.75, 3.05) is 6.61 Å². The highest BCUT2D eigenvalue weighted by Gasteiger charge is 2.15. The third-order valence-electron chi connectivity index (χ3n) is 4.08. The van der Waals surface area contributed by atoms with Crippen molar-refractivity contribution in [1.29, 1.82) is 0 Å². The molecule has 0 aromatic heterocycles. The maximum Gasteiger partial charge on any atom is 0.343 e. The van der Waals surface area contributed by atoms with Crippen LogP contribution in [0.4, 0.5) is 0 Å². The molecule has 0 saturated heterocycles. The molecule has 3 rings (SSSR count). The number of aryl methyl sites for hydroxylation is 1. The third kappa shape index (κ3) is 7.01. The molecule has 1 amide bonds. The molecule has 0 radical (unpaired) electrons. The van der Waals surface area contributed by atoms with Gasteiger partial charge in [0.1, 0.15) is 5.75 Å². The quantitative estimate of drug-likeness (QED) is 0.151. The highest BCUT2D eigenvalue weighted by atomic mass is 79.9. The van der Waals surface area contributed by atoms with Gasteiger partial charge in [-0.15, -0.1) is 0 Å². The lowest BCUT2D eigenvalue weighted by Gasteiger charge is -2.11. The molecule has 3 aromatic rings. The number of rotatable bonds is 7. The summed E-state index contributed by atoms with van der Waals surface area (Å²) in [7, 11) is 0. The average Bonchev–Trinajstić information content (AvgIpc) is 2.75. The molecule has 1 N–H and O–H groups in total. The van der Waals surface area contributed by atoms with Crippen molar-refractivity contribution in [1.82, 2.24) is 5.43 Å². The average molecular weight is 625 g/mol. The molecule has 9 heteroatoms. The van der Waals surface area contributed by atoms with Gasteiger partial charge in [-0.05, 0) is 65.3 Å². The summed E-state index contributed by atoms with van der Waals surface area (Å²) >= 11 is 10.1. The Morgan fingerprint density at radius 3 is 2.47 bits per heavy atom. The molecule has 0 aliphatic rings. The van der Waals surface area contributed by atoms with Crippen LogP contribution in [0.25, 0.3) is 0 Å². The van der Waals surface area contributed by atoms with Gasteiger partial charge in [0.05, 0.1) is 16.3 Å². The predicted octanol–water partition coefficient (Wildman–Crippen LogP) is 6.03. The predicted molar refractivity (Wildman–Crippen MR) is 133 cm³/mol. The van der Waals surface area contributed by atoms with E-state index < -0.39 is 11.9 Å². The summed E-state index contributed by atoms with van der Waals surface area (Å²) in [5.74, 6) is -0.0949. The minimum Gasteiger partial charge on any atom is -0.484 e. The fourth-order valence-corrected chi connectivity index (χ4v) is 4.28. The fraction of sp³-hybridized carbons (Fsp3) is 0.0870. The van der Waals surface area contributed by atoms with E-state index in [-0.39, 0.29) is 12.4 Å². The van der Waals surface area contributed by atoms with Crippen molar-refractivity contribution in [3.63, 3.8) is 0 Å². The smallest absolute Gasteiger partial charge is 0.343 e. The van der Waals surface area contributed by atoms with E-state index in [9.17, 15) is 9.59 Å². The number of carbonyl (C=O) groups excluding carboxylic acids is 2. The zero-order valence-electron chi connectivity index (χ0n) is 16.8. The normalized spacial score (nSPS) is 10.8. The fourth-order valence-electron chi connectivity index (χ4n) is 2.54. The maximum absolute atomic E-state index is 12.6. The van der Waals surface area contributed by atoms with Gasteiger partial charge in [0.2, 0.25) is 0 Å². The Labute approximate surface area is 210 Å². The Balaban J connectivity index is 1.67. The Morgan fingerprint density at radius 1 is 1.00 bits per heavy atom. The number of esters is 1. The minimum absolute atomic E-state index is 0.187. The number of nitrogens with one attached hydrogen (secondary N) is 1. The molecule has 0 heterocycles. The van der Waals surface area contributed by atoms with Crippen molar-refractivity contribution in [2.24, 2.45) is 5.10 Å². The molecule has 3 aromatic carbocycles. The number of hydrogen-bond donors (Lipinski definition) is 1. The lowest BCUT2D eigenvalue weighted by molar-refractivity contribution is -0.123. The first-order valence-corrected chi connectivity index (χ1v) is 11.7. The van der Waals surface area contributed by atoms with Gasteiger partial charge in [0.15, 0.2) is 12.4 Å². The molecular formula is C23H17Br3N2O4. The second-order valence-electron chi connectivity index (χ2n) is 6.60. The second kappa shape index (κ2) is 11.4. The van der Waals surface area contributed by atoms with Gasteiger partial charge in [-0.2, -0.15) is 5.10 Å². The number of ether oxygens (including phenoxy) is 2. The molecule has 0 atom stereocenters. The third-order valence-corrected chi connectivity index (χ3v) is 5.62. The molecule has 0 aliphatic heterocycles. The van der Waals surface area contributed by atoms with Gasteiger partial charge in [-0.1, -0.05) is 55.6 Å². The summed E-state index contributed by atoms with van der Waals surface area (Å²) < 4.78 is 13.1. The SMILES string of the molecule is Cc1ccc(OCC(=O)N/N=C\c2cc(Br)cc(Br)c2OC(=O)c2cccc(Br)c2)cc1. The Morgan fingerprint density at radius 2 is 1.75 bits per heavy atom. The van der Waals surface area contributed by atoms with Crippen LogP contribution in [-0.2, 0) is 4.79 Å². The maximum atomic E-state index is 12.6. The molecule has 0 aliphatic carbocycles. The Bertz CT molecular complexity index is 1160. The molecule has 32 heavy (non-hydrogen) atoms. The largest absolute Gasteiger partial charge is 0.484 e. The van der Waals surface area contributed by atoms with Crippen LogP contribution in [0, 0.1) is 6.92 Å². The topological polar surface area (TPSA) is 77.0 Å². The van der Waals surface area contributed by atoms with Crippen LogP contribution in [0.15, 0.2) is 79.2 Å². The van der Waals surface area contributed by atoms with Crippen molar-refractivity contribution in [3.05, 3.63) is 90.8 Å². The molecule has 0 bridgehead atoms. The summed E-state index contributed by atoms with van der Waals surface area (Å²) in [6, 6.07) is 17.7. The standard InChI is InChI=1S/C23H17Br3N2O4/c1-14-5-7-19(8-6-14)31-13-21(29)28-27-12-16-10-18(25)11-20(26)22(16)32-23(30)15-3-2-4-17(24)9-15/h2-12H,13H2,1H3,(H,28,29)/b27-12-. The highest BCUT2D eigenvalue weighted by Crippen LogP contribution is 2.32. The molecule has 0 saturated carbocycles. The molecule has 0 unspecified atom stereocenters. The first kappa shape index (κ1) is 24.2. The number of carbonyl (C=O) groups is 2. The van der Waals surface area contributed by atoms with Gasteiger partial charge in [-0.25, -0.2) is 10.2 Å². The number of hydrazone groups is 1. The molecular weight excluding hydrogens is 608 g/mol. The van der Waals surface area contributed by atoms with E-state index in [2.05, 4.69) is 58.3 Å². The monoisotopic (exact) mass is 622 g/mol. The molecule has 0 fully saturated rings. The van der Waals surface area contributed by atoms with Gasteiger partial charge < -0.3 is 9.47 Å². The van der Waals surface area contributed by atoms with E-state index in [0.29, 0.717) is 21.3 Å². The summed E-state index contributed by atoms with van der Waals surface area (Å²) in [6.45, 7) is 1.78. The van der Waals surface area contributed by atoms with Crippen molar-refractivity contribution in [3.8, 4) is 11.5 Å². The lowest BCUT2D eigenvalue weighted by Crippen LogP contribution is -2.24. The Hall–Kier alpha value is -2.49. The molecule has 164 valence electrons. The van der Waals surface area contributed by atoms with Crippen molar-refractivity contribution in [2.45, 2.75) is 6.92 Å². The summed E-state index contributed by atoms with van der Waals surface area (Å²) in [4.78, 5) is 24.6. The van der Waals surface area contributed by atoms with Crippen LogP contribution in [-0.4, -0.2) is 24.7 Å². The van der Waals surface area contributed by atoms with Crippen LogP contribution in [0.3, 0.4) is 0 Å².